The summed E-state index contributed by atoms with van der Waals surface area (Å²) in [4.78, 5) is 73.2. The Labute approximate surface area is 835 Å². The van der Waals surface area contributed by atoms with Crippen LogP contribution in [-0.4, -0.2) is 84.2 Å². The Balaban J connectivity index is 0.000000145. The van der Waals surface area contributed by atoms with E-state index in [0.29, 0.717) is 5.69 Å². The zero-order valence-electron chi connectivity index (χ0n) is 72.6. The maximum atomic E-state index is 14.1. The largest absolute Gasteiger partial charge is 0.477 e. The van der Waals surface area contributed by atoms with Crippen LogP contribution in [0.5, 0.6) is 0 Å². The number of rotatable bonds is 8. The fraction of sp³-hybridized carbons (Fsp3) is 0.0351. The van der Waals surface area contributed by atoms with E-state index in [2.05, 4.69) is 274 Å². The Bertz CT molecular complexity index is 7830. The normalized spacial score (nSPS) is 10.9. The molecule has 0 aliphatic heterocycles. The number of nitrogens with zero attached hydrogens (tertiary/aromatic N) is 8. The molecule has 8 heterocycles. The van der Waals surface area contributed by atoms with E-state index in [4.69, 9.17) is 25.4 Å². The van der Waals surface area contributed by atoms with E-state index in [1.54, 1.807) is 54.7 Å². The van der Waals surface area contributed by atoms with E-state index >= 15 is 0 Å². The number of aromatic carboxylic acids is 4. The van der Waals surface area contributed by atoms with E-state index in [1.165, 1.54) is 152 Å². The van der Waals surface area contributed by atoms with Crippen molar-refractivity contribution < 1.29 is 129 Å². The van der Waals surface area contributed by atoms with Gasteiger partial charge in [-0.2, -0.15) is 0 Å². The third kappa shape index (κ3) is 22.9. The Kier molecular flexibility index (Phi) is 34.2. The van der Waals surface area contributed by atoms with Gasteiger partial charge in [0.15, 0.2) is 0 Å². The molecule has 676 valence electrons. The first-order chi connectivity index (χ1) is 64.3. The van der Waals surface area contributed by atoms with Gasteiger partial charge in [-0.25, -0.2) is 39.1 Å². The molecule has 0 saturated heterocycles. The number of hydrogen-bond acceptors (Lipinski definition) is 12. The van der Waals surface area contributed by atoms with Crippen LogP contribution in [0.15, 0.2) is 395 Å². The maximum Gasteiger partial charge on any atom is 0.354 e. The van der Waals surface area contributed by atoms with Gasteiger partial charge in [0.2, 0.25) is 0 Å². The summed E-state index contributed by atoms with van der Waals surface area (Å²) in [5.41, 5.74) is 13.7. The molecule has 8 aromatic heterocycles. The number of benzene rings is 14. The van der Waals surface area contributed by atoms with E-state index in [9.17, 15) is 28.0 Å². The van der Waals surface area contributed by atoms with Crippen LogP contribution >= 0.6 is 0 Å². The smallest absolute Gasteiger partial charge is 0.354 e. The summed E-state index contributed by atoms with van der Waals surface area (Å²) in [7, 11) is 0. The van der Waals surface area contributed by atoms with Gasteiger partial charge in [-0.05, 0) is 205 Å². The molecular formula is C114H78F2Ir4N8O8-4. The van der Waals surface area contributed by atoms with Crippen molar-refractivity contribution in [3.63, 3.8) is 0 Å². The molecule has 4 radical (unpaired) electrons. The van der Waals surface area contributed by atoms with Crippen molar-refractivity contribution in [3.8, 4) is 56.2 Å². The van der Waals surface area contributed by atoms with Gasteiger partial charge in [0.05, 0.1) is 0 Å². The summed E-state index contributed by atoms with van der Waals surface area (Å²) >= 11 is 0. The second-order valence-electron chi connectivity index (χ2n) is 30.8. The van der Waals surface area contributed by atoms with Crippen molar-refractivity contribution in [2.75, 3.05) is 0 Å². The molecule has 0 unspecified atom stereocenters. The Morgan fingerprint density at radius 3 is 1.08 bits per heavy atom. The SMILES string of the molecule is CC1(C)c2ccccc2-c2c[c-]c(-c3nccc4c3ccc3ccccc34)cc21.Cc1cccc2c1ccc1c(-c3[c-]cccc3)nccc12.Fc1c[c-]c(-c2nccc3c2ccc2ccccc23)c(F)c1.O=C(O)c1ccccn1.O=C(O)c1ccccn1.O=C(O)c1ccccn1.O=C(O)c1ccccn1.[Ir].[Ir].[Ir].[Ir].[c-]1cc2ccccc2cc1-c1nccc2c1ccc1ccccc12. The first-order valence-corrected chi connectivity index (χ1v) is 41.9. The number of carbonyl (C=O) groups is 4. The van der Waals surface area contributed by atoms with Gasteiger partial charge >= 0.3 is 23.9 Å². The molecule has 1 aliphatic rings. The summed E-state index contributed by atoms with van der Waals surface area (Å²) in [6, 6.07) is 124. The summed E-state index contributed by atoms with van der Waals surface area (Å²) in [5.74, 6) is -5.27. The van der Waals surface area contributed by atoms with Gasteiger partial charge in [0.1, 0.15) is 22.8 Å². The molecule has 16 nitrogen and oxygen atoms in total. The second kappa shape index (κ2) is 46.6. The number of aryl methyl sites for hydroxylation is 1. The number of pyridine rings is 8. The minimum Gasteiger partial charge on any atom is -0.477 e. The van der Waals surface area contributed by atoms with Crippen molar-refractivity contribution in [2.45, 2.75) is 26.2 Å². The molecule has 0 spiro atoms. The van der Waals surface area contributed by atoms with Crippen molar-refractivity contribution >= 4 is 121 Å². The topological polar surface area (TPSA) is 252 Å². The van der Waals surface area contributed by atoms with Crippen LogP contribution in [0, 0.1) is 42.8 Å². The summed E-state index contributed by atoms with van der Waals surface area (Å²) in [6.07, 6.45) is 13.1. The van der Waals surface area contributed by atoms with Gasteiger partial charge in [-0.15, -0.1) is 107 Å². The molecule has 0 atom stereocenters. The number of fused-ring (bicyclic) bond motifs is 16. The van der Waals surface area contributed by atoms with Crippen LogP contribution in [0.1, 0.15) is 72.5 Å². The van der Waals surface area contributed by atoms with Crippen LogP contribution in [0.2, 0.25) is 0 Å². The molecule has 14 aromatic carbocycles. The molecule has 0 bridgehead atoms. The molecule has 0 amide bonds. The zero-order valence-corrected chi connectivity index (χ0v) is 82.2. The number of hydrogen-bond donors (Lipinski definition) is 4. The predicted octanol–water partition coefficient (Wildman–Crippen LogP) is 26.6. The van der Waals surface area contributed by atoms with Crippen molar-refractivity contribution in [2.24, 2.45) is 0 Å². The van der Waals surface area contributed by atoms with Gasteiger partial charge < -0.3 is 40.4 Å². The van der Waals surface area contributed by atoms with Crippen molar-refractivity contribution in [3.05, 3.63) is 471 Å². The number of aromatic nitrogens is 8. The molecule has 0 fully saturated rings. The third-order valence-electron chi connectivity index (χ3n) is 22.3. The van der Waals surface area contributed by atoms with E-state index < -0.39 is 35.5 Å². The van der Waals surface area contributed by atoms with Crippen LogP contribution in [0.25, 0.3) is 153 Å². The summed E-state index contributed by atoms with van der Waals surface area (Å²) in [6.45, 7) is 6.78. The summed E-state index contributed by atoms with van der Waals surface area (Å²) < 4.78 is 27.2. The van der Waals surface area contributed by atoms with Gasteiger partial charge in [0, 0.05) is 142 Å². The zero-order chi connectivity index (χ0) is 91.6. The minimum absolute atomic E-state index is 0. The predicted molar refractivity (Wildman–Crippen MR) is 519 cm³/mol. The average Bonchev–Trinajstić information content (AvgIpc) is 1.47. The molecule has 22 heteroatoms. The Hall–Kier alpha value is -15.0. The average molecular weight is 2490 g/mol. The number of carboxylic acids is 4. The molecule has 23 rings (SSSR count). The second-order valence-corrected chi connectivity index (χ2v) is 30.8. The molecule has 22 aromatic rings. The molecule has 136 heavy (non-hydrogen) atoms. The quantitative estimate of drug-likeness (QED) is 0.0815. The van der Waals surface area contributed by atoms with Crippen LogP contribution in [-0.2, 0) is 85.8 Å². The third-order valence-corrected chi connectivity index (χ3v) is 22.3. The molecule has 0 saturated carbocycles. The van der Waals surface area contributed by atoms with Gasteiger partial charge in [-0.1, -0.05) is 254 Å². The molecular weight excluding hydrogens is 2420 g/mol. The number of carboxylic acid groups (broad SMARTS) is 4. The minimum atomic E-state index is -0.990. The molecule has 1 aliphatic carbocycles. The van der Waals surface area contributed by atoms with E-state index in [-0.39, 0.29) is 114 Å². The fourth-order valence-corrected chi connectivity index (χ4v) is 16.0. The standard InChI is InChI=1S/C28H20N.C23H14N.C20H14N.C19H10F2N.4C6H5NO2.4Ir/c1-28(2)25-10-6-5-9-22(25)23-13-12-19(17-26(23)28)27-24-14-11-18-7-3-4-8-20(18)21(24)15-16-29-27;1-2-7-18-15-19(10-9-16(18)5-1)23-22-12-11-17-6-3-4-8-20(17)21(22)13-14-24-23;1-14-6-5-9-17-16(14)10-11-19-18(17)12-13-21-20(19)15-7-3-2-4-8-15;20-13-6-8-17(18(21)11-13)19-16-7-5-12-3-1-2-4-14(12)15(16)9-10-22-19;4*8-6(9)5-3-1-2-4-7-5;;;;/h3-11,13-17H,1-2H3;1-9,11-15H;2-7,9-13H,1H3;1-7,9-11H;4*1-4H,(H,8,9);;;;/q4*-1;;;;;;;;. The van der Waals surface area contributed by atoms with Gasteiger partial charge in [-0.3, -0.25) is 8.78 Å². The van der Waals surface area contributed by atoms with Crippen molar-refractivity contribution in [1.29, 1.82) is 0 Å². The van der Waals surface area contributed by atoms with Crippen LogP contribution < -0.4 is 0 Å². The number of halogens is 2. The monoisotopic (exact) mass is 2500 g/mol. The fourth-order valence-electron chi connectivity index (χ4n) is 16.0. The van der Waals surface area contributed by atoms with Crippen LogP contribution in [0.3, 0.4) is 0 Å². The first kappa shape index (κ1) is 100.0. The van der Waals surface area contributed by atoms with Crippen molar-refractivity contribution in [1.82, 2.24) is 39.9 Å². The van der Waals surface area contributed by atoms with Crippen LogP contribution in [0.4, 0.5) is 8.78 Å². The van der Waals surface area contributed by atoms with Gasteiger partial charge in [0.25, 0.3) is 0 Å². The Morgan fingerprint density at radius 2 is 0.640 bits per heavy atom. The van der Waals surface area contributed by atoms with E-state index in [1.807, 2.05) is 85.3 Å². The maximum absolute atomic E-state index is 14.1. The van der Waals surface area contributed by atoms with E-state index in [0.717, 1.165) is 67.4 Å². The summed E-state index contributed by atoms with van der Waals surface area (Å²) in [5, 5.41) is 54.6. The Morgan fingerprint density at radius 1 is 0.272 bits per heavy atom. The first-order valence-electron chi connectivity index (χ1n) is 41.9. The molecule has 4 N–H and O–H groups in total.